The summed E-state index contributed by atoms with van der Waals surface area (Å²) in [5, 5.41) is 0.515. The fourth-order valence-electron chi connectivity index (χ4n) is 2.33. The minimum absolute atomic E-state index is 0.255. The molecule has 0 unspecified atom stereocenters. The summed E-state index contributed by atoms with van der Waals surface area (Å²) < 4.78 is 0.856. The average Bonchev–Trinajstić information content (AvgIpc) is 3.27. The Hall–Kier alpha value is -0.930. The van der Waals surface area contributed by atoms with E-state index in [9.17, 15) is 0 Å². The standard InChI is InChI=1S/C16H16BrClN2/c1-16(2,11-6-4-3-5-7-11)15-19-13(10-8-9-10)12(17)14(18)20-15/h3-7,10H,8-9H2,1-2H3. The van der Waals surface area contributed by atoms with E-state index in [0.717, 1.165) is 16.0 Å². The third-order valence-electron chi connectivity index (χ3n) is 3.85. The van der Waals surface area contributed by atoms with Crippen LogP contribution in [0.25, 0.3) is 0 Å². The van der Waals surface area contributed by atoms with Crippen molar-refractivity contribution in [3.05, 3.63) is 57.0 Å². The number of rotatable bonds is 3. The molecule has 1 aromatic carbocycles. The van der Waals surface area contributed by atoms with E-state index in [0.29, 0.717) is 11.1 Å². The summed E-state index contributed by atoms with van der Waals surface area (Å²) in [6.07, 6.45) is 2.38. The van der Waals surface area contributed by atoms with Crippen molar-refractivity contribution >= 4 is 27.5 Å². The van der Waals surface area contributed by atoms with Crippen LogP contribution in [0.5, 0.6) is 0 Å². The van der Waals surface area contributed by atoms with Crippen LogP contribution in [0.3, 0.4) is 0 Å². The van der Waals surface area contributed by atoms with Crippen LogP contribution in [0, 0.1) is 0 Å². The van der Waals surface area contributed by atoms with Crippen LogP contribution in [-0.2, 0) is 5.41 Å². The number of hydrogen-bond acceptors (Lipinski definition) is 2. The summed E-state index contributed by atoms with van der Waals surface area (Å²) in [5.41, 5.74) is 2.00. The SMILES string of the molecule is CC(C)(c1ccccc1)c1nc(Cl)c(Br)c(C2CC2)n1. The lowest BCUT2D eigenvalue weighted by Crippen LogP contribution is -2.23. The molecule has 2 nitrogen and oxygen atoms in total. The Labute approximate surface area is 132 Å². The van der Waals surface area contributed by atoms with E-state index in [1.54, 1.807) is 0 Å². The summed E-state index contributed by atoms with van der Waals surface area (Å²) in [6, 6.07) is 10.3. The molecule has 0 aliphatic heterocycles. The molecule has 1 fully saturated rings. The Kier molecular flexibility index (Phi) is 3.59. The lowest BCUT2D eigenvalue weighted by molar-refractivity contribution is 0.584. The predicted molar refractivity (Wildman–Crippen MR) is 85.3 cm³/mol. The lowest BCUT2D eigenvalue weighted by atomic mass is 9.83. The Bertz CT molecular complexity index is 636. The molecule has 0 bridgehead atoms. The fraction of sp³-hybridized carbons (Fsp3) is 0.375. The molecule has 0 amide bonds. The molecule has 3 rings (SSSR count). The van der Waals surface area contributed by atoms with Crippen molar-refractivity contribution in [2.45, 2.75) is 38.0 Å². The van der Waals surface area contributed by atoms with Crippen molar-refractivity contribution in [2.75, 3.05) is 0 Å². The lowest BCUT2D eigenvalue weighted by Gasteiger charge is -2.24. The molecule has 0 saturated heterocycles. The molecular formula is C16H16BrClN2. The van der Waals surface area contributed by atoms with Gasteiger partial charge in [-0.05, 0) is 48.2 Å². The van der Waals surface area contributed by atoms with Crippen molar-refractivity contribution in [1.82, 2.24) is 9.97 Å². The van der Waals surface area contributed by atoms with Gasteiger partial charge in [0.2, 0.25) is 0 Å². The highest BCUT2D eigenvalue weighted by atomic mass is 79.9. The van der Waals surface area contributed by atoms with Crippen LogP contribution in [0.1, 0.15) is 49.7 Å². The molecule has 1 heterocycles. The molecule has 104 valence electrons. The van der Waals surface area contributed by atoms with E-state index in [2.05, 4.69) is 46.9 Å². The third-order valence-corrected chi connectivity index (χ3v) is 5.14. The van der Waals surface area contributed by atoms with Gasteiger partial charge >= 0.3 is 0 Å². The normalized spacial score (nSPS) is 15.4. The fourth-order valence-corrected chi connectivity index (χ4v) is 3.00. The van der Waals surface area contributed by atoms with Crippen LogP contribution >= 0.6 is 27.5 Å². The van der Waals surface area contributed by atoms with Gasteiger partial charge in [0.25, 0.3) is 0 Å². The first kappa shape index (κ1) is 14.0. The van der Waals surface area contributed by atoms with Crippen molar-refractivity contribution < 1.29 is 0 Å². The highest BCUT2D eigenvalue weighted by Crippen LogP contribution is 2.44. The van der Waals surface area contributed by atoms with E-state index in [1.807, 2.05) is 18.2 Å². The topological polar surface area (TPSA) is 25.8 Å². The average molecular weight is 352 g/mol. The molecule has 0 atom stereocenters. The maximum atomic E-state index is 6.29. The van der Waals surface area contributed by atoms with E-state index >= 15 is 0 Å². The highest BCUT2D eigenvalue weighted by Gasteiger charge is 2.33. The van der Waals surface area contributed by atoms with Crippen molar-refractivity contribution in [2.24, 2.45) is 0 Å². The number of nitrogens with zero attached hydrogens (tertiary/aromatic N) is 2. The largest absolute Gasteiger partial charge is 0.235 e. The van der Waals surface area contributed by atoms with Gasteiger partial charge in [-0.1, -0.05) is 41.9 Å². The van der Waals surface area contributed by atoms with E-state index in [-0.39, 0.29) is 5.41 Å². The van der Waals surface area contributed by atoms with Gasteiger partial charge in [0.05, 0.1) is 10.2 Å². The van der Waals surface area contributed by atoms with E-state index in [4.69, 9.17) is 16.6 Å². The van der Waals surface area contributed by atoms with Gasteiger partial charge in [-0.25, -0.2) is 9.97 Å². The van der Waals surface area contributed by atoms with Gasteiger partial charge in [0, 0.05) is 11.3 Å². The van der Waals surface area contributed by atoms with Gasteiger partial charge in [-0.2, -0.15) is 0 Å². The molecule has 1 aliphatic carbocycles. The van der Waals surface area contributed by atoms with Crippen LogP contribution in [0.15, 0.2) is 34.8 Å². The minimum Gasteiger partial charge on any atom is -0.235 e. The Morgan fingerprint density at radius 1 is 1.15 bits per heavy atom. The van der Waals surface area contributed by atoms with Gasteiger partial charge in [0.15, 0.2) is 0 Å². The van der Waals surface area contributed by atoms with Gasteiger partial charge in [0.1, 0.15) is 11.0 Å². The van der Waals surface area contributed by atoms with Gasteiger partial charge in [-0.3, -0.25) is 0 Å². The Balaban J connectivity index is 2.10. The zero-order valence-electron chi connectivity index (χ0n) is 11.5. The zero-order chi connectivity index (χ0) is 14.3. The minimum atomic E-state index is -0.255. The number of aromatic nitrogens is 2. The van der Waals surface area contributed by atoms with E-state index < -0.39 is 0 Å². The quantitative estimate of drug-likeness (QED) is 0.719. The van der Waals surface area contributed by atoms with Crippen LogP contribution in [0.4, 0.5) is 0 Å². The summed E-state index contributed by atoms with van der Waals surface area (Å²) >= 11 is 9.81. The predicted octanol–water partition coefficient (Wildman–Crippen LogP) is 5.10. The molecule has 2 aromatic rings. The molecular weight excluding hydrogens is 336 g/mol. The van der Waals surface area contributed by atoms with Crippen LogP contribution in [0.2, 0.25) is 5.15 Å². The number of benzene rings is 1. The smallest absolute Gasteiger partial charge is 0.147 e. The highest BCUT2D eigenvalue weighted by molar-refractivity contribution is 9.10. The first-order valence-electron chi connectivity index (χ1n) is 6.79. The van der Waals surface area contributed by atoms with Crippen LogP contribution < -0.4 is 0 Å². The van der Waals surface area contributed by atoms with Gasteiger partial charge < -0.3 is 0 Å². The second-order valence-electron chi connectivity index (χ2n) is 5.80. The summed E-state index contributed by atoms with van der Waals surface area (Å²) in [7, 11) is 0. The molecule has 4 heteroatoms. The van der Waals surface area contributed by atoms with Crippen molar-refractivity contribution in [3.63, 3.8) is 0 Å². The first-order valence-corrected chi connectivity index (χ1v) is 7.96. The Morgan fingerprint density at radius 2 is 1.80 bits per heavy atom. The summed E-state index contributed by atoms with van der Waals surface area (Å²) in [4.78, 5) is 9.30. The summed E-state index contributed by atoms with van der Waals surface area (Å²) in [5.74, 6) is 1.33. The van der Waals surface area contributed by atoms with E-state index in [1.165, 1.54) is 18.4 Å². The molecule has 0 radical (unpaired) electrons. The number of halogens is 2. The van der Waals surface area contributed by atoms with Gasteiger partial charge in [-0.15, -0.1) is 0 Å². The molecule has 20 heavy (non-hydrogen) atoms. The maximum Gasteiger partial charge on any atom is 0.147 e. The zero-order valence-corrected chi connectivity index (χ0v) is 13.9. The molecule has 1 aliphatic rings. The third kappa shape index (κ3) is 2.49. The monoisotopic (exact) mass is 350 g/mol. The first-order chi connectivity index (χ1) is 9.50. The molecule has 0 spiro atoms. The summed E-state index contributed by atoms with van der Waals surface area (Å²) in [6.45, 7) is 4.27. The maximum absolute atomic E-state index is 6.29. The molecule has 0 N–H and O–H groups in total. The second-order valence-corrected chi connectivity index (χ2v) is 6.95. The molecule has 1 saturated carbocycles. The number of hydrogen-bond donors (Lipinski definition) is 0. The Morgan fingerprint density at radius 3 is 2.40 bits per heavy atom. The second kappa shape index (κ2) is 5.12. The van der Waals surface area contributed by atoms with Crippen molar-refractivity contribution in [1.29, 1.82) is 0 Å². The van der Waals surface area contributed by atoms with Crippen molar-refractivity contribution in [3.8, 4) is 0 Å². The molecule has 1 aromatic heterocycles. The van der Waals surface area contributed by atoms with Crippen LogP contribution in [-0.4, -0.2) is 9.97 Å².